The minimum absolute atomic E-state index is 0.192. The standard InChI is InChI=1S/C19H22N6O2/c1-2-27-19(26)25-11-8-15(9-12-25)22-18-21-10-7-17(24-18)23-16-6-4-3-5-14(16)13-20/h3-7,10,15H,2,8-9,11-12H2,1H3,(H2,21,22,23,24). The summed E-state index contributed by atoms with van der Waals surface area (Å²) in [5, 5.41) is 15.7. The predicted octanol–water partition coefficient (Wildman–Crippen LogP) is 3.12. The lowest BCUT2D eigenvalue weighted by molar-refractivity contribution is 0.0983. The third-order valence-corrected chi connectivity index (χ3v) is 4.32. The zero-order valence-corrected chi connectivity index (χ0v) is 15.2. The van der Waals surface area contributed by atoms with E-state index >= 15 is 0 Å². The van der Waals surface area contributed by atoms with Crippen molar-refractivity contribution in [2.75, 3.05) is 30.3 Å². The number of rotatable bonds is 5. The summed E-state index contributed by atoms with van der Waals surface area (Å²) in [6, 6.07) is 11.4. The Morgan fingerprint density at radius 3 is 2.85 bits per heavy atom. The number of hydrogen-bond donors (Lipinski definition) is 2. The van der Waals surface area contributed by atoms with E-state index in [1.165, 1.54) is 0 Å². The number of amides is 1. The molecule has 2 aromatic rings. The topological polar surface area (TPSA) is 103 Å². The Kier molecular flexibility index (Phi) is 6.05. The number of hydrogen-bond acceptors (Lipinski definition) is 7. The molecule has 0 atom stereocenters. The number of likely N-dealkylation sites (tertiary alicyclic amines) is 1. The van der Waals surface area contributed by atoms with Crippen LogP contribution in [0.25, 0.3) is 0 Å². The number of benzene rings is 1. The highest BCUT2D eigenvalue weighted by Gasteiger charge is 2.23. The lowest BCUT2D eigenvalue weighted by Gasteiger charge is -2.31. The second-order valence-corrected chi connectivity index (χ2v) is 6.15. The van der Waals surface area contributed by atoms with Crippen LogP contribution in [0.2, 0.25) is 0 Å². The molecule has 1 amide bonds. The van der Waals surface area contributed by atoms with Gasteiger partial charge in [0.2, 0.25) is 5.95 Å². The van der Waals surface area contributed by atoms with E-state index in [2.05, 4.69) is 26.7 Å². The fraction of sp³-hybridized carbons (Fsp3) is 0.368. The van der Waals surface area contributed by atoms with Crippen molar-refractivity contribution < 1.29 is 9.53 Å². The number of aromatic nitrogens is 2. The number of piperidine rings is 1. The summed E-state index contributed by atoms with van der Waals surface area (Å²) in [6.07, 6.45) is 3.02. The monoisotopic (exact) mass is 366 g/mol. The SMILES string of the molecule is CCOC(=O)N1CCC(Nc2nccc(Nc3ccccc3C#N)n2)CC1. The van der Waals surface area contributed by atoms with Crippen LogP contribution in [-0.4, -0.2) is 46.7 Å². The maximum absolute atomic E-state index is 11.8. The van der Waals surface area contributed by atoms with Crippen LogP contribution in [0.4, 0.5) is 22.2 Å². The number of carbonyl (C=O) groups is 1. The van der Waals surface area contributed by atoms with Gasteiger partial charge in [0.1, 0.15) is 11.9 Å². The van der Waals surface area contributed by atoms with Crippen molar-refractivity contribution >= 4 is 23.5 Å². The molecule has 0 spiro atoms. The summed E-state index contributed by atoms with van der Waals surface area (Å²) in [4.78, 5) is 22.2. The summed E-state index contributed by atoms with van der Waals surface area (Å²) in [5.74, 6) is 1.13. The molecule has 1 fully saturated rings. The number of nitriles is 1. The molecule has 0 bridgehead atoms. The molecule has 8 nitrogen and oxygen atoms in total. The molecule has 27 heavy (non-hydrogen) atoms. The van der Waals surface area contributed by atoms with Crippen molar-refractivity contribution in [2.24, 2.45) is 0 Å². The first-order valence-electron chi connectivity index (χ1n) is 8.97. The van der Waals surface area contributed by atoms with Gasteiger partial charge in [-0.05, 0) is 38.0 Å². The molecule has 1 aliphatic rings. The Hall–Kier alpha value is -3.34. The van der Waals surface area contributed by atoms with Crippen LogP contribution in [0.15, 0.2) is 36.5 Å². The first-order chi connectivity index (χ1) is 13.2. The van der Waals surface area contributed by atoms with Crippen molar-refractivity contribution in [3.8, 4) is 6.07 Å². The predicted molar refractivity (Wildman–Crippen MR) is 102 cm³/mol. The van der Waals surface area contributed by atoms with Gasteiger partial charge < -0.3 is 20.3 Å². The Morgan fingerprint density at radius 2 is 2.11 bits per heavy atom. The zero-order chi connectivity index (χ0) is 19.1. The van der Waals surface area contributed by atoms with Crippen molar-refractivity contribution in [3.63, 3.8) is 0 Å². The van der Waals surface area contributed by atoms with Gasteiger partial charge >= 0.3 is 6.09 Å². The van der Waals surface area contributed by atoms with Gasteiger partial charge in [0, 0.05) is 25.3 Å². The van der Waals surface area contributed by atoms with E-state index in [0.717, 1.165) is 12.8 Å². The number of ether oxygens (including phenoxy) is 1. The number of nitrogens with one attached hydrogen (secondary N) is 2. The minimum atomic E-state index is -0.255. The Morgan fingerprint density at radius 1 is 1.33 bits per heavy atom. The zero-order valence-electron chi connectivity index (χ0n) is 15.2. The van der Waals surface area contributed by atoms with E-state index in [0.29, 0.717) is 42.7 Å². The van der Waals surface area contributed by atoms with Gasteiger partial charge in [0.15, 0.2) is 0 Å². The van der Waals surface area contributed by atoms with Gasteiger partial charge in [-0.1, -0.05) is 12.1 Å². The molecule has 1 aromatic carbocycles. The van der Waals surface area contributed by atoms with E-state index in [9.17, 15) is 10.1 Å². The van der Waals surface area contributed by atoms with E-state index < -0.39 is 0 Å². The van der Waals surface area contributed by atoms with Crippen LogP contribution in [0.3, 0.4) is 0 Å². The molecular formula is C19H22N6O2. The molecule has 8 heteroatoms. The number of nitrogens with zero attached hydrogens (tertiary/aromatic N) is 4. The fourth-order valence-corrected chi connectivity index (χ4v) is 2.93. The number of carbonyl (C=O) groups excluding carboxylic acids is 1. The fourth-order valence-electron chi connectivity index (χ4n) is 2.93. The molecule has 0 saturated carbocycles. The Labute approximate surface area is 158 Å². The van der Waals surface area contributed by atoms with Gasteiger partial charge in [-0.15, -0.1) is 0 Å². The molecule has 1 saturated heterocycles. The van der Waals surface area contributed by atoms with Crippen LogP contribution < -0.4 is 10.6 Å². The molecule has 0 radical (unpaired) electrons. The van der Waals surface area contributed by atoms with Gasteiger partial charge in [-0.25, -0.2) is 9.78 Å². The second kappa shape index (κ2) is 8.85. The quantitative estimate of drug-likeness (QED) is 0.838. The maximum atomic E-state index is 11.8. The van der Waals surface area contributed by atoms with Crippen LogP contribution in [0.1, 0.15) is 25.3 Å². The van der Waals surface area contributed by atoms with Crippen LogP contribution in [0, 0.1) is 11.3 Å². The van der Waals surface area contributed by atoms with Gasteiger partial charge in [-0.3, -0.25) is 0 Å². The Bertz CT molecular complexity index is 827. The first kappa shape index (κ1) is 18.5. The minimum Gasteiger partial charge on any atom is -0.450 e. The smallest absolute Gasteiger partial charge is 0.409 e. The van der Waals surface area contributed by atoms with Crippen molar-refractivity contribution in [1.82, 2.24) is 14.9 Å². The molecule has 2 heterocycles. The summed E-state index contributed by atoms with van der Waals surface area (Å²) in [5.41, 5.74) is 1.25. The van der Waals surface area contributed by atoms with Gasteiger partial charge in [0.25, 0.3) is 0 Å². The van der Waals surface area contributed by atoms with Crippen molar-refractivity contribution in [2.45, 2.75) is 25.8 Å². The second-order valence-electron chi connectivity index (χ2n) is 6.15. The highest BCUT2D eigenvalue weighted by atomic mass is 16.6. The molecule has 0 unspecified atom stereocenters. The molecule has 140 valence electrons. The molecule has 1 aromatic heterocycles. The van der Waals surface area contributed by atoms with Crippen molar-refractivity contribution in [1.29, 1.82) is 5.26 Å². The van der Waals surface area contributed by atoms with Crippen LogP contribution >= 0.6 is 0 Å². The largest absolute Gasteiger partial charge is 0.450 e. The highest BCUT2D eigenvalue weighted by Crippen LogP contribution is 2.20. The third kappa shape index (κ3) is 4.85. The van der Waals surface area contributed by atoms with E-state index in [-0.39, 0.29) is 12.1 Å². The maximum Gasteiger partial charge on any atom is 0.409 e. The normalized spacial score (nSPS) is 14.3. The summed E-state index contributed by atoms with van der Waals surface area (Å²) in [6.45, 7) is 3.48. The summed E-state index contributed by atoms with van der Waals surface area (Å²) in [7, 11) is 0. The average Bonchev–Trinajstić information content (AvgIpc) is 2.69. The summed E-state index contributed by atoms with van der Waals surface area (Å²) >= 11 is 0. The van der Waals surface area contributed by atoms with Crippen molar-refractivity contribution in [3.05, 3.63) is 42.1 Å². The lowest BCUT2D eigenvalue weighted by atomic mass is 10.1. The van der Waals surface area contributed by atoms with Gasteiger partial charge in [0.05, 0.1) is 17.9 Å². The van der Waals surface area contributed by atoms with E-state index in [1.807, 2.05) is 18.2 Å². The van der Waals surface area contributed by atoms with Crippen LogP contribution in [-0.2, 0) is 4.74 Å². The number of para-hydroxylation sites is 1. The molecule has 1 aliphatic heterocycles. The third-order valence-electron chi connectivity index (χ3n) is 4.32. The first-order valence-corrected chi connectivity index (χ1v) is 8.97. The summed E-state index contributed by atoms with van der Waals surface area (Å²) < 4.78 is 5.04. The Balaban J connectivity index is 1.59. The molecular weight excluding hydrogens is 344 g/mol. The highest BCUT2D eigenvalue weighted by molar-refractivity contribution is 5.67. The molecule has 3 rings (SSSR count). The average molecular weight is 366 g/mol. The van der Waals surface area contributed by atoms with Gasteiger partial charge in [-0.2, -0.15) is 10.2 Å². The lowest BCUT2D eigenvalue weighted by Crippen LogP contribution is -2.42. The van der Waals surface area contributed by atoms with Crippen LogP contribution in [0.5, 0.6) is 0 Å². The van der Waals surface area contributed by atoms with E-state index in [4.69, 9.17) is 4.74 Å². The molecule has 2 N–H and O–H groups in total. The number of anilines is 3. The molecule has 0 aliphatic carbocycles. The van der Waals surface area contributed by atoms with E-state index in [1.54, 1.807) is 30.2 Å².